The molecule has 6 heteroatoms. The molecule has 2 aromatic rings. The molecule has 0 saturated carbocycles. The predicted molar refractivity (Wildman–Crippen MR) is 53.8 cm³/mol. The van der Waals surface area contributed by atoms with Crippen molar-refractivity contribution in [2.45, 2.75) is 12.8 Å². The number of hydrogen-bond acceptors (Lipinski definition) is 6. The van der Waals surface area contributed by atoms with E-state index in [0.717, 1.165) is 12.8 Å². The lowest BCUT2D eigenvalue weighted by atomic mass is 10.3. The average molecular weight is 210 g/mol. The molecular formula is C8H10N4OS. The van der Waals surface area contributed by atoms with E-state index in [2.05, 4.69) is 27.1 Å². The summed E-state index contributed by atoms with van der Waals surface area (Å²) in [5, 5.41) is 9.57. The molecule has 0 aliphatic carbocycles. The Bertz CT molecular complexity index is 384. The van der Waals surface area contributed by atoms with Crippen LogP contribution in [-0.2, 0) is 12.8 Å². The molecule has 2 aromatic heterocycles. The molecule has 0 amide bonds. The number of nitrogens with two attached hydrogens (primary N) is 1. The van der Waals surface area contributed by atoms with Gasteiger partial charge in [0.25, 0.3) is 0 Å². The standard InChI is InChI=1S/C8H10N4OS/c9-10-8-12-11-7(13-8)4-3-6-2-1-5-14-6/h1-2,5H,3-4,9H2,(H,10,12). The summed E-state index contributed by atoms with van der Waals surface area (Å²) in [6, 6.07) is 4.37. The molecule has 0 aliphatic rings. The van der Waals surface area contributed by atoms with Gasteiger partial charge in [0.15, 0.2) is 0 Å². The third kappa shape index (κ3) is 2.09. The normalized spacial score (nSPS) is 10.4. The SMILES string of the molecule is NNc1nnc(CCc2cccs2)o1. The largest absolute Gasteiger partial charge is 0.407 e. The van der Waals surface area contributed by atoms with Gasteiger partial charge in [-0.3, -0.25) is 5.43 Å². The molecule has 2 rings (SSSR count). The van der Waals surface area contributed by atoms with E-state index in [0.29, 0.717) is 5.89 Å². The summed E-state index contributed by atoms with van der Waals surface area (Å²) >= 11 is 1.72. The number of nitrogens with one attached hydrogen (secondary N) is 1. The van der Waals surface area contributed by atoms with Gasteiger partial charge in [-0.15, -0.1) is 16.4 Å². The number of aryl methyl sites for hydroxylation is 2. The van der Waals surface area contributed by atoms with Crippen molar-refractivity contribution in [2.24, 2.45) is 5.84 Å². The molecule has 2 heterocycles. The summed E-state index contributed by atoms with van der Waals surface area (Å²) in [6.45, 7) is 0. The Labute approximate surface area is 84.9 Å². The van der Waals surface area contributed by atoms with Crippen LogP contribution in [0.1, 0.15) is 10.8 Å². The van der Waals surface area contributed by atoms with Crippen LogP contribution in [0.25, 0.3) is 0 Å². The van der Waals surface area contributed by atoms with E-state index in [1.54, 1.807) is 11.3 Å². The number of nitrogens with zero attached hydrogens (tertiary/aromatic N) is 2. The van der Waals surface area contributed by atoms with E-state index < -0.39 is 0 Å². The molecule has 0 atom stereocenters. The van der Waals surface area contributed by atoms with Gasteiger partial charge in [0.05, 0.1) is 0 Å². The van der Waals surface area contributed by atoms with Crippen LogP contribution in [0.5, 0.6) is 0 Å². The van der Waals surface area contributed by atoms with Crippen LogP contribution >= 0.6 is 11.3 Å². The van der Waals surface area contributed by atoms with Gasteiger partial charge in [-0.25, -0.2) is 5.84 Å². The minimum Gasteiger partial charge on any atom is -0.407 e. The Morgan fingerprint density at radius 3 is 3.00 bits per heavy atom. The lowest BCUT2D eigenvalue weighted by molar-refractivity contribution is 0.505. The van der Waals surface area contributed by atoms with Gasteiger partial charge in [-0.2, -0.15) is 0 Å². The van der Waals surface area contributed by atoms with Crippen LogP contribution in [0.4, 0.5) is 6.01 Å². The Kier molecular flexibility index (Phi) is 2.76. The molecule has 0 spiro atoms. The zero-order chi connectivity index (χ0) is 9.80. The maximum atomic E-state index is 5.18. The van der Waals surface area contributed by atoms with Crippen LogP contribution in [0.2, 0.25) is 0 Å². The number of nitrogen functional groups attached to an aromatic ring is 1. The summed E-state index contributed by atoms with van der Waals surface area (Å²) in [5.41, 5.74) is 2.30. The first-order chi connectivity index (χ1) is 6.88. The summed E-state index contributed by atoms with van der Waals surface area (Å²) in [6.07, 6.45) is 1.67. The summed E-state index contributed by atoms with van der Waals surface area (Å²) in [4.78, 5) is 1.31. The Morgan fingerprint density at radius 1 is 1.43 bits per heavy atom. The van der Waals surface area contributed by atoms with Gasteiger partial charge >= 0.3 is 6.01 Å². The molecule has 5 nitrogen and oxygen atoms in total. The van der Waals surface area contributed by atoms with Crippen molar-refractivity contribution < 1.29 is 4.42 Å². The van der Waals surface area contributed by atoms with Crippen molar-refractivity contribution >= 4 is 17.4 Å². The highest BCUT2D eigenvalue weighted by atomic mass is 32.1. The first-order valence-electron chi connectivity index (χ1n) is 4.20. The summed E-state index contributed by atoms with van der Waals surface area (Å²) < 4.78 is 5.18. The second-order valence-corrected chi connectivity index (χ2v) is 3.76. The van der Waals surface area contributed by atoms with E-state index in [1.807, 2.05) is 6.07 Å². The number of rotatable bonds is 4. The topological polar surface area (TPSA) is 77.0 Å². The van der Waals surface area contributed by atoms with Crippen molar-refractivity contribution in [2.75, 3.05) is 5.43 Å². The highest BCUT2D eigenvalue weighted by molar-refractivity contribution is 7.09. The monoisotopic (exact) mass is 210 g/mol. The van der Waals surface area contributed by atoms with E-state index in [9.17, 15) is 0 Å². The van der Waals surface area contributed by atoms with Crippen molar-refractivity contribution in [3.63, 3.8) is 0 Å². The van der Waals surface area contributed by atoms with E-state index in [4.69, 9.17) is 10.3 Å². The first kappa shape index (κ1) is 9.17. The predicted octanol–water partition coefficient (Wildman–Crippen LogP) is 1.20. The molecule has 0 aliphatic heterocycles. The van der Waals surface area contributed by atoms with Crippen molar-refractivity contribution in [3.8, 4) is 0 Å². The molecule has 74 valence electrons. The highest BCUT2D eigenvalue weighted by Crippen LogP contribution is 2.12. The van der Waals surface area contributed by atoms with Gasteiger partial charge < -0.3 is 4.42 Å². The third-order valence-electron chi connectivity index (χ3n) is 1.76. The minimum atomic E-state index is 0.256. The van der Waals surface area contributed by atoms with Gasteiger partial charge in [0, 0.05) is 11.3 Å². The minimum absolute atomic E-state index is 0.256. The van der Waals surface area contributed by atoms with E-state index in [1.165, 1.54) is 4.88 Å². The molecule has 0 fully saturated rings. The molecule has 0 unspecified atom stereocenters. The average Bonchev–Trinajstić information content (AvgIpc) is 2.86. The molecule has 0 saturated heterocycles. The number of anilines is 1. The number of hydrogen-bond donors (Lipinski definition) is 2. The van der Waals surface area contributed by atoms with Crippen LogP contribution in [0.15, 0.2) is 21.9 Å². The molecule has 0 radical (unpaired) electrons. The van der Waals surface area contributed by atoms with Gasteiger partial charge in [0.1, 0.15) is 0 Å². The maximum Gasteiger partial charge on any atom is 0.330 e. The maximum absolute atomic E-state index is 5.18. The highest BCUT2D eigenvalue weighted by Gasteiger charge is 2.04. The first-order valence-corrected chi connectivity index (χ1v) is 5.08. The van der Waals surface area contributed by atoms with Crippen LogP contribution in [0.3, 0.4) is 0 Å². The second-order valence-electron chi connectivity index (χ2n) is 2.72. The Morgan fingerprint density at radius 2 is 2.36 bits per heavy atom. The van der Waals surface area contributed by atoms with Crippen LogP contribution in [-0.4, -0.2) is 10.2 Å². The van der Waals surface area contributed by atoms with Gasteiger partial charge in [-0.1, -0.05) is 11.2 Å². The molecule has 0 bridgehead atoms. The Balaban J connectivity index is 1.92. The molecular weight excluding hydrogens is 200 g/mol. The lowest BCUT2D eigenvalue weighted by Gasteiger charge is -1.92. The smallest absolute Gasteiger partial charge is 0.330 e. The zero-order valence-corrected chi connectivity index (χ0v) is 8.25. The Hall–Kier alpha value is -1.40. The fourth-order valence-corrected chi connectivity index (χ4v) is 1.81. The second kappa shape index (κ2) is 4.21. The molecule has 3 N–H and O–H groups in total. The van der Waals surface area contributed by atoms with E-state index >= 15 is 0 Å². The zero-order valence-electron chi connectivity index (χ0n) is 7.43. The van der Waals surface area contributed by atoms with Crippen molar-refractivity contribution in [1.29, 1.82) is 0 Å². The fourth-order valence-electron chi connectivity index (χ4n) is 1.10. The van der Waals surface area contributed by atoms with Gasteiger partial charge in [-0.05, 0) is 17.9 Å². The van der Waals surface area contributed by atoms with E-state index in [-0.39, 0.29) is 6.01 Å². The lowest BCUT2D eigenvalue weighted by Crippen LogP contribution is -2.06. The third-order valence-corrected chi connectivity index (χ3v) is 2.69. The molecule has 0 aromatic carbocycles. The number of hydrazine groups is 1. The molecule has 14 heavy (non-hydrogen) atoms. The van der Waals surface area contributed by atoms with Crippen LogP contribution < -0.4 is 11.3 Å². The van der Waals surface area contributed by atoms with Crippen molar-refractivity contribution in [1.82, 2.24) is 10.2 Å². The fraction of sp³-hybridized carbons (Fsp3) is 0.250. The van der Waals surface area contributed by atoms with Crippen LogP contribution in [0, 0.1) is 0 Å². The number of aromatic nitrogens is 2. The summed E-state index contributed by atoms with van der Waals surface area (Å²) in [7, 11) is 0. The quantitative estimate of drug-likeness (QED) is 0.585. The van der Waals surface area contributed by atoms with Crippen molar-refractivity contribution in [3.05, 3.63) is 28.3 Å². The summed E-state index contributed by atoms with van der Waals surface area (Å²) in [5.74, 6) is 5.71. The van der Waals surface area contributed by atoms with Gasteiger partial charge in [0.2, 0.25) is 5.89 Å². The number of thiophene rings is 1.